The van der Waals surface area contributed by atoms with Crippen LogP contribution in [0.1, 0.15) is 35.2 Å². The number of benzene rings is 1. The summed E-state index contributed by atoms with van der Waals surface area (Å²) < 4.78 is 58.2. The summed E-state index contributed by atoms with van der Waals surface area (Å²) in [5.74, 6) is -2.46. The molecule has 2 aromatic heterocycles. The first-order chi connectivity index (χ1) is 17.0. The molecule has 1 aromatic carbocycles. The van der Waals surface area contributed by atoms with Crippen LogP contribution in [0.15, 0.2) is 35.8 Å². The summed E-state index contributed by atoms with van der Waals surface area (Å²) >= 11 is 1.32. The largest absolute Gasteiger partial charge is 0.490 e. The number of fused-ring (bicyclic) bond motifs is 4. The Hall–Kier alpha value is -3.39. The van der Waals surface area contributed by atoms with Crippen LogP contribution in [0, 0.1) is 0 Å². The summed E-state index contributed by atoms with van der Waals surface area (Å²) in [6, 6.07) is 6.75. The van der Waals surface area contributed by atoms with Gasteiger partial charge in [-0.1, -0.05) is 18.2 Å². The second-order valence-electron chi connectivity index (χ2n) is 8.17. The SMILES string of the molecule is O=C(Nc1ccccc1C(F)F)c1csc2ncc(N3C[C@H]4CC[C@@H]3CN4)nc12.O=C(O)C(F)(F)F. The number of para-hydroxylation sites is 1. The Kier molecular flexibility index (Phi) is 7.36. The Bertz CT molecular complexity index is 1260. The highest BCUT2D eigenvalue weighted by atomic mass is 32.1. The second-order valence-corrected chi connectivity index (χ2v) is 9.02. The fraction of sp³-hybridized carbons (Fsp3) is 0.364. The van der Waals surface area contributed by atoms with Crippen molar-refractivity contribution in [1.29, 1.82) is 0 Å². The van der Waals surface area contributed by atoms with Crippen LogP contribution >= 0.6 is 11.3 Å². The number of aromatic nitrogens is 2. The molecule has 2 bridgehead atoms. The number of aliphatic carboxylic acids is 1. The van der Waals surface area contributed by atoms with E-state index >= 15 is 0 Å². The molecule has 0 spiro atoms. The highest BCUT2D eigenvalue weighted by molar-refractivity contribution is 7.17. The van der Waals surface area contributed by atoms with E-state index in [0.717, 1.165) is 31.7 Å². The molecule has 3 saturated heterocycles. The normalized spacial score (nSPS) is 19.2. The molecule has 3 fully saturated rings. The number of nitrogens with one attached hydrogen (secondary N) is 2. The molecule has 2 atom stereocenters. The van der Waals surface area contributed by atoms with E-state index in [1.54, 1.807) is 17.6 Å². The Morgan fingerprint density at radius 2 is 1.94 bits per heavy atom. The van der Waals surface area contributed by atoms with Crippen LogP contribution in [0.5, 0.6) is 0 Å². The number of carbonyl (C=O) groups excluding carboxylic acids is 1. The number of carbonyl (C=O) groups is 2. The molecular weight excluding hydrogens is 509 g/mol. The number of piperidine rings is 2. The quantitative estimate of drug-likeness (QED) is 0.429. The van der Waals surface area contributed by atoms with Gasteiger partial charge in [0.25, 0.3) is 12.3 Å². The van der Waals surface area contributed by atoms with Gasteiger partial charge in [0.05, 0.1) is 11.8 Å². The maximum Gasteiger partial charge on any atom is 0.490 e. The van der Waals surface area contributed by atoms with Gasteiger partial charge in [-0.2, -0.15) is 13.2 Å². The van der Waals surface area contributed by atoms with Gasteiger partial charge in [0.1, 0.15) is 16.2 Å². The van der Waals surface area contributed by atoms with E-state index in [4.69, 9.17) is 14.9 Å². The van der Waals surface area contributed by atoms with Gasteiger partial charge in [-0.15, -0.1) is 11.3 Å². The fourth-order valence-electron chi connectivity index (χ4n) is 4.08. The number of hydrogen-bond acceptors (Lipinski definition) is 7. The van der Waals surface area contributed by atoms with Gasteiger partial charge in [-0.25, -0.2) is 23.5 Å². The lowest BCUT2D eigenvalue weighted by molar-refractivity contribution is -0.192. The minimum Gasteiger partial charge on any atom is -0.475 e. The monoisotopic (exact) mass is 529 g/mol. The van der Waals surface area contributed by atoms with Crippen molar-refractivity contribution < 1.29 is 36.6 Å². The Labute approximate surface area is 205 Å². The maximum atomic E-state index is 13.2. The van der Waals surface area contributed by atoms with E-state index in [2.05, 4.69) is 20.5 Å². The number of thiophene rings is 1. The van der Waals surface area contributed by atoms with Gasteiger partial charge in [0, 0.05) is 41.8 Å². The molecule has 36 heavy (non-hydrogen) atoms. The third kappa shape index (κ3) is 5.54. The summed E-state index contributed by atoms with van der Waals surface area (Å²) in [4.78, 5) is 33.9. The molecule has 0 unspecified atom stereocenters. The van der Waals surface area contributed by atoms with Crippen molar-refractivity contribution in [1.82, 2.24) is 15.3 Å². The molecule has 6 rings (SSSR count). The second kappa shape index (κ2) is 10.3. The van der Waals surface area contributed by atoms with Gasteiger partial charge in [0.15, 0.2) is 0 Å². The molecule has 3 N–H and O–H groups in total. The lowest BCUT2D eigenvalue weighted by atomic mass is 9.93. The van der Waals surface area contributed by atoms with Crippen molar-refractivity contribution in [2.75, 3.05) is 23.3 Å². The first kappa shape index (κ1) is 25.7. The number of carboxylic acid groups (broad SMARTS) is 1. The molecule has 8 nitrogen and oxygen atoms in total. The Balaban J connectivity index is 0.000000384. The number of anilines is 2. The van der Waals surface area contributed by atoms with Gasteiger partial charge < -0.3 is 20.6 Å². The third-order valence-corrected chi connectivity index (χ3v) is 6.72. The fourth-order valence-corrected chi connectivity index (χ4v) is 4.91. The minimum absolute atomic E-state index is 0.107. The highest BCUT2D eigenvalue weighted by Gasteiger charge is 2.38. The van der Waals surface area contributed by atoms with Crippen LogP contribution in [0.25, 0.3) is 10.3 Å². The summed E-state index contributed by atoms with van der Waals surface area (Å²) in [7, 11) is 0. The zero-order valence-electron chi connectivity index (χ0n) is 18.4. The van der Waals surface area contributed by atoms with Crippen molar-refractivity contribution in [2.45, 2.75) is 37.5 Å². The van der Waals surface area contributed by atoms with Crippen molar-refractivity contribution in [3.05, 3.63) is 47.0 Å². The summed E-state index contributed by atoms with van der Waals surface area (Å²) in [6.45, 7) is 1.80. The van der Waals surface area contributed by atoms with E-state index in [-0.39, 0.29) is 11.3 Å². The van der Waals surface area contributed by atoms with E-state index < -0.39 is 24.5 Å². The van der Waals surface area contributed by atoms with Crippen molar-refractivity contribution in [3.8, 4) is 0 Å². The molecule has 0 saturated carbocycles. The molecule has 192 valence electrons. The summed E-state index contributed by atoms with van der Waals surface area (Å²) in [5, 5.41) is 14.9. The summed E-state index contributed by atoms with van der Waals surface area (Å²) in [6.07, 6.45) is -3.72. The zero-order chi connectivity index (χ0) is 26.0. The lowest BCUT2D eigenvalue weighted by Gasteiger charge is -2.46. The molecule has 3 aliphatic rings. The predicted octanol–water partition coefficient (Wildman–Crippen LogP) is 4.46. The average Bonchev–Trinajstić information content (AvgIpc) is 3.28. The van der Waals surface area contributed by atoms with Gasteiger partial charge in [0.2, 0.25) is 0 Å². The van der Waals surface area contributed by atoms with E-state index in [9.17, 15) is 26.7 Å². The molecule has 5 heterocycles. The number of amides is 1. The predicted molar refractivity (Wildman–Crippen MR) is 123 cm³/mol. The molecule has 0 radical (unpaired) electrons. The highest BCUT2D eigenvalue weighted by Crippen LogP contribution is 2.31. The van der Waals surface area contributed by atoms with E-state index in [1.165, 1.54) is 29.5 Å². The van der Waals surface area contributed by atoms with Crippen molar-refractivity contribution >= 4 is 45.1 Å². The standard InChI is InChI=1S/C20H19F2N5OS.C2HF3O2/c21-18(22)13-3-1-2-4-15(13)25-19(28)14-10-29-20-17(14)26-16(8-24-20)27-9-11-5-6-12(27)7-23-11;3-2(4,5)1(6)7/h1-4,8,10-12,18,23H,5-7,9H2,(H,25,28);(H,6,7)/t11-,12-;/m1./s1. The van der Waals surface area contributed by atoms with Gasteiger partial charge in [-0.05, 0) is 18.9 Å². The Morgan fingerprint density at radius 1 is 1.22 bits per heavy atom. The Morgan fingerprint density at radius 3 is 2.53 bits per heavy atom. The van der Waals surface area contributed by atoms with Gasteiger partial charge in [-0.3, -0.25) is 4.79 Å². The molecule has 3 aliphatic heterocycles. The number of hydrogen-bond donors (Lipinski definition) is 3. The van der Waals surface area contributed by atoms with Crippen LogP contribution in [-0.2, 0) is 4.79 Å². The number of carboxylic acids is 1. The summed E-state index contributed by atoms with van der Waals surface area (Å²) in [5.41, 5.74) is 0.761. The number of alkyl halides is 5. The van der Waals surface area contributed by atoms with Crippen LogP contribution < -0.4 is 15.5 Å². The smallest absolute Gasteiger partial charge is 0.475 e. The van der Waals surface area contributed by atoms with Gasteiger partial charge >= 0.3 is 12.1 Å². The van der Waals surface area contributed by atoms with Crippen molar-refractivity contribution in [2.24, 2.45) is 0 Å². The molecule has 0 aliphatic carbocycles. The number of nitrogens with zero attached hydrogens (tertiary/aromatic N) is 3. The van der Waals surface area contributed by atoms with E-state index in [0.29, 0.717) is 28.0 Å². The number of piperazine rings is 1. The average molecular weight is 529 g/mol. The molecule has 3 aromatic rings. The number of rotatable bonds is 4. The van der Waals surface area contributed by atoms with Crippen LogP contribution in [0.2, 0.25) is 0 Å². The van der Waals surface area contributed by atoms with Crippen LogP contribution in [0.3, 0.4) is 0 Å². The zero-order valence-corrected chi connectivity index (χ0v) is 19.2. The molecule has 14 heteroatoms. The van der Waals surface area contributed by atoms with Crippen LogP contribution in [-0.4, -0.2) is 58.3 Å². The molecule has 1 amide bonds. The molecular formula is C22H20F5N5O3S. The number of halogens is 5. The first-order valence-electron chi connectivity index (χ1n) is 10.8. The van der Waals surface area contributed by atoms with E-state index in [1.807, 2.05) is 0 Å². The lowest BCUT2D eigenvalue weighted by Crippen LogP contribution is -2.61. The first-order valence-corrected chi connectivity index (χ1v) is 11.7. The maximum absolute atomic E-state index is 13.2. The van der Waals surface area contributed by atoms with Crippen LogP contribution in [0.4, 0.5) is 33.5 Å². The minimum atomic E-state index is -5.08. The van der Waals surface area contributed by atoms with Crippen molar-refractivity contribution in [3.63, 3.8) is 0 Å². The topological polar surface area (TPSA) is 107 Å². The third-order valence-electron chi connectivity index (χ3n) is 5.84.